The van der Waals surface area contributed by atoms with Crippen molar-refractivity contribution in [3.05, 3.63) is 23.9 Å². The Kier molecular flexibility index (Phi) is 3.58. The van der Waals surface area contributed by atoms with E-state index in [0.29, 0.717) is 13.1 Å². The molecule has 17 heavy (non-hydrogen) atoms. The largest absolute Gasteiger partial charge is 0.469 e. The van der Waals surface area contributed by atoms with Crippen molar-refractivity contribution in [1.29, 1.82) is 0 Å². The smallest absolute Gasteiger partial charge is 0.310 e. The van der Waals surface area contributed by atoms with Crippen LogP contribution in [0.15, 0.2) is 18.3 Å². The monoisotopic (exact) mass is 235 g/mol. The van der Waals surface area contributed by atoms with Crippen LogP contribution in [-0.2, 0) is 16.1 Å². The third-order valence-electron chi connectivity index (χ3n) is 3.11. The summed E-state index contributed by atoms with van der Waals surface area (Å²) in [6.07, 6.45) is 2.56. The number of methoxy groups -OCH3 is 1. The lowest BCUT2D eigenvalue weighted by molar-refractivity contribution is -0.144. The van der Waals surface area contributed by atoms with Gasteiger partial charge in [0.25, 0.3) is 0 Å². The SMILES string of the molecule is COC(=O)C1CCN(c2ncccc2CN)C1. The van der Waals surface area contributed by atoms with Crippen LogP contribution < -0.4 is 10.6 Å². The minimum Gasteiger partial charge on any atom is -0.469 e. The highest BCUT2D eigenvalue weighted by molar-refractivity contribution is 5.74. The van der Waals surface area contributed by atoms with Crippen LogP contribution >= 0.6 is 0 Å². The number of carbonyl (C=O) groups is 1. The molecule has 2 N–H and O–H groups in total. The Morgan fingerprint density at radius 3 is 3.24 bits per heavy atom. The van der Waals surface area contributed by atoms with Crippen LogP contribution in [0.2, 0.25) is 0 Å². The van der Waals surface area contributed by atoms with E-state index in [2.05, 4.69) is 9.88 Å². The highest BCUT2D eigenvalue weighted by atomic mass is 16.5. The molecule has 5 heteroatoms. The maximum absolute atomic E-state index is 11.5. The Bertz CT molecular complexity index is 408. The van der Waals surface area contributed by atoms with Crippen molar-refractivity contribution in [1.82, 2.24) is 4.98 Å². The van der Waals surface area contributed by atoms with Gasteiger partial charge in [-0.25, -0.2) is 4.98 Å². The molecule has 1 aromatic heterocycles. The normalized spacial score (nSPS) is 19.4. The van der Waals surface area contributed by atoms with Gasteiger partial charge in [0.05, 0.1) is 13.0 Å². The second-order valence-electron chi connectivity index (χ2n) is 4.15. The first kappa shape index (κ1) is 11.9. The molecule has 0 spiro atoms. The van der Waals surface area contributed by atoms with E-state index in [1.54, 1.807) is 6.20 Å². The van der Waals surface area contributed by atoms with E-state index in [1.807, 2.05) is 12.1 Å². The summed E-state index contributed by atoms with van der Waals surface area (Å²) in [5.41, 5.74) is 6.69. The van der Waals surface area contributed by atoms with Crippen LogP contribution in [0.1, 0.15) is 12.0 Å². The van der Waals surface area contributed by atoms with E-state index in [9.17, 15) is 4.79 Å². The molecular weight excluding hydrogens is 218 g/mol. The molecule has 1 unspecified atom stereocenters. The number of nitrogens with two attached hydrogens (primary N) is 1. The molecule has 92 valence electrons. The first-order chi connectivity index (χ1) is 8.26. The highest BCUT2D eigenvalue weighted by Crippen LogP contribution is 2.25. The Morgan fingerprint density at radius 2 is 2.53 bits per heavy atom. The van der Waals surface area contributed by atoms with Gasteiger partial charge in [-0.15, -0.1) is 0 Å². The van der Waals surface area contributed by atoms with Crippen molar-refractivity contribution in [3.63, 3.8) is 0 Å². The lowest BCUT2D eigenvalue weighted by atomic mass is 10.1. The first-order valence-electron chi connectivity index (χ1n) is 5.73. The van der Waals surface area contributed by atoms with Gasteiger partial charge in [0, 0.05) is 31.4 Å². The molecule has 0 radical (unpaired) electrons. The fourth-order valence-electron chi connectivity index (χ4n) is 2.19. The summed E-state index contributed by atoms with van der Waals surface area (Å²) >= 11 is 0. The molecule has 1 aromatic rings. The zero-order chi connectivity index (χ0) is 12.3. The molecule has 0 bridgehead atoms. The summed E-state index contributed by atoms with van der Waals surface area (Å²) in [5, 5.41) is 0. The van der Waals surface area contributed by atoms with Gasteiger partial charge >= 0.3 is 5.97 Å². The highest BCUT2D eigenvalue weighted by Gasteiger charge is 2.30. The number of aromatic nitrogens is 1. The van der Waals surface area contributed by atoms with Gasteiger partial charge < -0.3 is 15.4 Å². The number of carbonyl (C=O) groups excluding carboxylic acids is 1. The van der Waals surface area contributed by atoms with E-state index in [0.717, 1.165) is 24.3 Å². The van der Waals surface area contributed by atoms with E-state index >= 15 is 0 Å². The number of ether oxygens (including phenoxy) is 1. The second kappa shape index (κ2) is 5.14. The molecule has 0 aliphatic carbocycles. The van der Waals surface area contributed by atoms with Gasteiger partial charge in [-0.3, -0.25) is 4.79 Å². The average molecular weight is 235 g/mol. The molecule has 1 fully saturated rings. The molecule has 0 saturated carbocycles. The molecular formula is C12H17N3O2. The van der Waals surface area contributed by atoms with Crippen molar-refractivity contribution in [3.8, 4) is 0 Å². The van der Waals surface area contributed by atoms with Crippen molar-refractivity contribution in [2.24, 2.45) is 11.7 Å². The van der Waals surface area contributed by atoms with Crippen molar-refractivity contribution in [2.75, 3.05) is 25.1 Å². The van der Waals surface area contributed by atoms with Gasteiger partial charge in [-0.2, -0.15) is 0 Å². The summed E-state index contributed by atoms with van der Waals surface area (Å²) < 4.78 is 4.76. The Hall–Kier alpha value is -1.62. The van der Waals surface area contributed by atoms with Crippen LogP contribution in [0.25, 0.3) is 0 Å². The molecule has 1 aliphatic rings. The standard InChI is InChI=1S/C12H17N3O2/c1-17-12(16)10-4-6-15(8-10)11-9(7-13)3-2-5-14-11/h2-3,5,10H,4,6-8,13H2,1H3. The van der Waals surface area contributed by atoms with E-state index in [1.165, 1.54) is 7.11 Å². The third-order valence-corrected chi connectivity index (χ3v) is 3.11. The predicted octanol–water partition coefficient (Wildman–Crippen LogP) is 0.540. The van der Waals surface area contributed by atoms with E-state index in [-0.39, 0.29) is 11.9 Å². The predicted molar refractivity (Wildman–Crippen MR) is 64.5 cm³/mol. The summed E-state index contributed by atoms with van der Waals surface area (Å²) in [6.45, 7) is 1.95. The Morgan fingerprint density at radius 1 is 1.71 bits per heavy atom. The fraction of sp³-hybridized carbons (Fsp3) is 0.500. The topological polar surface area (TPSA) is 68.5 Å². The maximum atomic E-state index is 11.5. The molecule has 2 rings (SSSR count). The first-order valence-corrected chi connectivity index (χ1v) is 5.73. The van der Waals surface area contributed by atoms with Crippen molar-refractivity contribution < 1.29 is 9.53 Å². The summed E-state index contributed by atoms with van der Waals surface area (Å²) in [4.78, 5) is 17.9. The minimum absolute atomic E-state index is 0.0485. The van der Waals surface area contributed by atoms with E-state index in [4.69, 9.17) is 10.5 Å². The van der Waals surface area contributed by atoms with Crippen molar-refractivity contribution in [2.45, 2.75) is 13.0 Å². The van der Waals surface area contributed by atoms with Gasteiger partial charge in [0.1, 0.15) is 5.82 Å². The number of nitrogens with zero attached hydrogens (tertiary/aromatic N) is 2. The van der Waals surface area contributed by atoms with E-state index < -0.39 is 0 Å². The molecule has 5 nitrogen and oxygen atoms in total. The Balaban J connectivity index is 2.12. The average Bonchev–Trinajstić information content (AvgIpc) is 2.87. The van der Waals surface area contributed by atoms with Gasteiger partial charge in [-0.1, -0.05) is 6.07 Å². The number of rotatable bonds is 3. The lowest BCUT2D eigenvalue weighted by Crippen LogP contribution is -2.25. The second-order valence-corrected chi connectivity index (χ2v) is 4.15. The van der Waals surface area contributed by atoms with Crippen LogP contribution in [0, 0.1) is 5.92 Å². The van der Waals surface area contributed by atoms with Gasteiger partial charge in [0.2, 0.25) is 0 Å². The summed E-state index contributed by atoms with van der Waals surface area (Å²) in [5.74, 6) is 0.701. The minimum atomic E-state index is -0.141. The number of anilines is 1. The number of esters is 1. The lowest BCUT2D eigenvalue weighted by Gasteiger charge is -2.19. The third kappa shape index (κ3) is 2.39. The molecule has 2 heterocycles. The summed E-state index contributed by atoms with van der Waals surface area (Å²) in [6, 6.07) is 3.84. The molecule has 1 atom stereocenters. The quantitative estimate of drug-likeness (QED) is 0.774. The van der Waals surface area contributed by atoms with Gasteiger partial charge in [-0.05, 0) is 12.5 Å². The number of hydrogen-bond acceptors (Lipinski definition) is 5. The van der Waals surface area contributed by atoms with Crippen LogP contribution in [0.4, 0.5) is 5.82 Å². The number of pyridine rings is 1. The molecule has 1 saturated heterocycles. The Labute approximate surface area is 101 Å². The summed E-state index contributed by atoms with van der Waals surface area (Å²) in [7, 11) is 1.43. The van der Waals surface area contributed by atoms with Gasteiger partial charge in [0.15, 0.2) is 0 Å². The van der Waals surface area contributed by atoms with Crippen molar-refractivity contribution >= 4 is 11.8 Å². The molecule has 1 aliphatic heterocycles. The van der Waals surface area contributed by atoms with Crippen LogP contribution in [0.5, 0.6) is 0 Å². The maximum Gasteiger partial charge on any atom is 0.310 e. The zero-order valence-corrected chi connectivity index (χ0v) is 9.93. The zero-order valence-electron chi connectivity index (χ0n) is 9.93. The molecule has 0 aromatic carbocycles. The van der Waals surface area contributed by atoms with Crippen LogP contribution in [0.3, 0.4) is 0 Å². The molecule has 0 amide bonds. The van der Waals surface area contributed by atoms with Crippen LogP contribution in [-0.4, -0.2) is 31.2 Å². The fourth-order valence-corrected chi connectivity index (χ4v) is 2.19. The number of hydrogen-bond donors (Lipinski definition) is 1.